The van der Waals surface area contributed by atoms with Gasteiger partial charge in [-0.3, -0.25) is 0 Å². The molecule has 0 aliphatic heterocycles. The highest BCUT2D eigenvalue weighted by Crippen LogP contribution is 2.34. The molecule has 0 saturated carbocycles. The van der Waals surface area contributed by atoms with Crippen LogP contribution in [-0.2, 0) is 0 Å². The topological polar surface area (TPSA) is 42.2 Å². The normalized spacial score (nSPS) is 10.9. The van der Waals surface area contributed by atoms with Crippen molar-refractivity contribution in [3.05, 3.63) is 47.2 Å². The van der Waals surface area contributed by atoms with Gasteiger partial charge in [0, 0.05) is 12.7 Å². The first-order chi connectivity index (χ1) is 9.54. The molecule has 102 valence electrons. The van der Waals surface area contributed by atoms with Gasteiger partial charge >= 0.3 is 0 Å². The van der Waals surface area contributed by atoms with Gasteiger partial charge in [-0.2, -0.15) is 0 Å². The lowest BCUT2D eigenvalue weighted by Gasteiger charge is -2.21. The largest absolute Gasteiger partial charge is 0.397 e. The van der Waals surface area contributed by atoms with Crippen molar-refractivity contribution in [2.24, 2.45) is 0 Å². The Morgan fingerprint density at radius 3 is 2.60 bits per heavy atom. The number of nitrogen functional groups attached to an aromatic ring is 1. The van der Waals surface area contributed by atoms with Crippen LogP contribution in [0.1, 0.15) is 5.01 Å². The van der Waals surface area contributed by atoms with Gasteiger partial charge < -0.3 is 10.6 Å². The second-order valence-corrected chi connectivity index (χ2v) is 5.88. The molecule has 0 fully saturated rings. The lowest BCUT2D eigenvalue weighted by Crippen LogP contribution is -2.11. The van der Waals surface area contributed by atoms with Crippen LogP contribution in [0.15, 0.2) is 36.4 Å². The molecule has 0 aliphatic rings. The summed E-state index contributed by atoms with van der Waals surface area (Å²) in [5.74, 6) is -0.249. The number of nitrogens with two attached hydrogens (primary N) is 1. The van der Waals surface area contributed by atoms with E-state index in [1.807, 2.05) is 31.0 Å². The van der Waals surface area contributed by atoms with Crippen LogP contribution in [0.4, 0.5) is 21.5 Å². The van der Waals surface area contributed by atoms with Gasteiger partial charge in [-0.25, -0.2) is 9.37 Å². The van der Waals surface area contributed by atoms with E-state index in [4.69, 9.17) is 5.73 Å². The molecule has 2 aromatic carbocycles. The Morgan fingerprint density at radius 1 is 1.20 bits per heavy atom. The SMILES string of the molecule is Cc1nc2cc(N(C)c3ccc(F)cc3)c(N)cc2s1. The zero-order valence-corrected chi connectivity index (χ0v) is 12.0. The Bertz CT molecular complexity index is 765. The first-order valence-corrected chi connectivity index (χ1v) is 7.02. The summed E-state index contributed by atoms with van der Waals surface area (Å²) in [7, 11) is 1.91. The van der Waals surface area contributed by atoms with E-state index in [-0.39, 0.29) is 5.82 Å². The third-order valence-electron chi connectivity index (χ3n) is 3.22. The van der Waals surface area contributed by atoms with Crippen LogP contribution in [-0.4, -0.2) is 12.0 Å². The Morgan fingerprint density at radius 2 is 1.90 bits per heavy atom. The molecule has 1 aromatic heterocycles. The third-order valence-corrected chi connectivity index (χ3v) is 4.15. The highest BCUT2D eigenvalue weighted by atomic mass is 32.1. The average Bonchev–Trinajstić information content (AvgIpc) is 2.77. The van der Waals surface area contributed by atoms with Crippen LogP contribution in [0.5, 0.6) is 0 Å². The van der Waals surface area contributed by atoms with E-state index in [0.29, 0.717) is 5.69 Å². The van der Waals surface area contributed by atoms with Gasteiger partial charge in [0.2, 0.25) is 0 Å². The molecule has 0 radical (unpaired) electrons. The maximum atomic E-state index is 13.0. The lowest BCUT2D eigenvalue weighted by molar-refractivity contribution is 0.628. The van der Waals surface area contributed by atoms with Gasteiger partial charge in [-0.05, 0) is 43.3 Å². The Balaban J connectivity index is 2.08. The number of hydrogen-bond donors (Lipinski definition) is 1. The van der Waals surface area contributed by atoms with Crippen molar-refractivity contribution in [2.45, 2.75) is 6.92 Å². The fourth-order valence-electron chi connectivity index (χ4n) is 2.19. The zero-order chi connectivity index (χ0) is 14.3. The number of benzene rings is 2. The van der Waals surface area contributed by atoms with Gasteiger partial charge in [0.25, 0.3) is 0 Å². The molecule has 2 N–H and O–H groups in total. The third kappa shape index (κ3) is 2.20. The molecule has 0 atom stereocenters. The summed E-state index contributed by atoms with van der Waals surface area (Å²) < 4.78 is 14.1. The number of halogens is 1. The summed E-state index contributed by atoms with van der Waals surface area (Å²) in [6.45, 7) is 1.98. The fourth-order valence-corrected chi connectivity index (χ4v) is 3.05. The molecular formula is C15H14FN3S. The van der Waals surface area contributed by atoms with Crippen molar-refractivity contribution < 1.29 is 4.39 Å². The Hall–Kier alpha value is -2.14. The number of rotatable bonds is 2. The minimum Gasteiger partial charge on any atom is -0.397 e. The summed E-state index contributed by atoms with van der Waals surface area (Å²) in [5.41, 5.74) is 9.50. The van der Waals surface area contributed by atoms with Crippen molar-refractivity contribution >= 4 is 38.6 Å². The van der Waals surface area contributed by atoms with Crippen LogP contribution >= 0.6 is 11.3 Å². The number of thiazole rings is 1. The van der Waals surface area contributed by atoms with Crippen molar-refractivity contribution in [1.82, 2.24) is 4.98 Å². The standard InChI is InChI=1S/C15H14FN3S/c1-9-18-13-8-14(12(17)7-15(13)20-9)19(2)11-5-3-10(16)4-6-11/h3-8H,17H2,1-2H3. The summed E-state index contributed by atoms with van der Waals surface area (Å²) >= 11 is 1.63. The summed E-state index contributed by atoms with van der Waals surface area (Å²) in [4.78, 5) is 6.41. The van der Waals surface area contributed by atoms with Crippen molar-refractivity contribution in [1.29, 1.82) is 0 Å². The second-order valence-electron chi connectivity index (χ2n) is 4.65. The smallest absolute Gasteiger partial charge is 0.123 e. The molecule has 0 spiro atoms. The maximum absolute atomic E-state index is 13.0. The molecule has 5 heteroatoms. The quantitative estimate of drug-likeness (QED) is 0.722. The van der Waals surface area contributed by atoms with Gasteiger partial charge in [0.1, 0.15) is 5.82 Å². The van der Waals surface area contributed by atoms with Crippen molar-refractivity contribution in [3.8, 4) is 0 Å². The molecule has 0 aliphatic carbocycles. The summed E-state index contributed by atoms with van der Waals surface area (Å²) in [6.07, 6.45) is 0. The minimum absolute atomic E-state index is 0.249. The van der Waals surface area contributed by atoms with E-state index < -0.39 is 0 Å². The molecule has 3 rings (SSSR count). The van der Waals surface area contributed by atoms with E-state index >= 15 is 0 Å². The van der Waals surface area contributed by atoms with E-state index in [2.05, 4.69) is 4.98 Å². The van der Waals surface area contributed by atoms with Crippen LogP contribution in [0, 0.1) is 12.7 Å². The molecule has 20 heavy (non-hydrogen) atoms. The first-order valence-electron chi connectivity index (χ1n) is 6.20. The van der Waals surface area contributed by atoms with Crippen molar-refractivity contribution in [3.63, 3.8) is 0 Å². The van der Waals surface area contributed by atoms with E-state index in [0.717, 1.165) is 26.6 Å². The van der Waals surface area contributed by atoms with Gasteiger partial charge in [-0.1, -0.05) is 0 Å². The highest BCUT2D eigenvalue weighted by molar-refractivity contribution is 7.18. The van der Waals surface area contributed by atoms with E-state index in [9.17, 15) is 4.39 Å². The van der Waals surface area contributed by atoms with Crippen LogP contribution in [0.3, 0.4) is 0 Å². The molecule has 3 nitrogen and oxygen atoms in total. The number of hydrogen-bond acceptors (Lipinski definition) is 4. The molecule has 0 saturated heterocycles. The van der Waals surface area contributed by atoms with Gasteiger partial charge in [0.05, 0.1) is 26.6 Å². The second kappa shape index (κ2) is 4.76. The van der Waals surface area contributed by atoms with Crippen molar-refractivity contribution in [2.75, 3.05) is 17.7 Å². The monoisotopic (exact) mass is 287 g/mol. The molecule has 1 heterocycles. The molecule has 3 aromatic rings. The molecule has 0 bridgehead atoms. The summed E-state index contributed by atoms with van der Waals surface area (Å²) in [5, 5.41) is 1.01. The predicted octanol–water partition coefficient (Wildman–Crippen LogP) is 4.09. The number of fused-ring (bicyclic) bond motifs is 1. The van der Waals surface area contributed by atoms with Gasteiger partial charge in [0.15, 0.2) is 0 Å². The lowest BCUT2D eigenvalue weighted by atomic mass is 10.2. The molecular weight excluding hydrogens is 273 g/mol. The Labute approximate surface area is 120 Å². The highest BCUT2D eigenvalue weighted by Gasteiger charge is 2.11. The summed E-state index contributed by atoms with van der Waals surface area (Å²) in [6, 6.07) is 10.2. The fraction of sp³-hybridized carbons (Fsp3) is 0.133. The average molecular weight is 287 g/mol. The van der Waals surface area contributed by atoms with Crippen LogP contribution < -0.4 is 10.6 Å². The van der Waals surface area contributed by atoms with Crippen LogP contribution in [0.2, 0.25) is 0 Å². The number of aromatic nitrogens is 1. The minimum atomic E-state index is -0.249. The number of anilines is 3. The Kier molecular flexibility index (Phi) is 3.06. The van der Waals surface area contributed by atoms with E-state index in [1.54, 1.807) is 23.5 Å². The number of aryl methyl sites for hydroxylation is 1. The molecule has 0 unspecified atom stereocenters. The molecule has 0 amide bonds. The maximum Gasteiger partial charge on any atom is 0.123 e. The zero-order valence-electron chi connectivity index (χ0n) is 11.2. The number of nitrogens with zero attached hydrogens (tertiary/aromatic N) is 2. The van der Waals surface area contributed by atoms with Gasteiger partial charge in [-0.15, -0.1) is 11.3 Å². The van der Waals surface area contributed by atoms with Crippen LogP contribution in [0.25, 0.3) is 10.2 Å². The first kappa shape index (κ1) is 12.9. The predicted molar refractivity (Wildman–Crippen MR) is 83.2 cm³/mol. The van der Waals surface area contributed by atoms with E-state index in [1.165, 1.54) is 12.1 Å².